The third-order valence-electron chi connectivity index (χ3n) is 2.95. The minimum atomic E-state index is -0.318. The second-order valence-corrected chi connectivity index (χ2v) is 4.21. The highest BCUT2D eigenvalue weighted by molar-refractivity contribution is 5.97. The molecule has 0 saturated carbocycles. The molecule has 0 bridgehead atoms. The summed E-state index contributed by atoms with van der Waals surface area (Å²) in [5, 5.41) is 1.41. The summed E-state index contributed by atoms with van der Waals surface area (Å²) in [7, 11) is 0. The van der Waals surface area contributed by atoms with Crippen LogP contribution in [0.1, 0.15) is 10.5 Å². The van der Waals surface area contributed by atoms with Crippen LogP contribution in [0.5, 0.6) is 0 Å². The number of aromatic nitrogens is 1. The highest BCUT2D eigenvalue weighted by atomic mass is 19.1. The van der Waals surface area contributed by atoms with Crippen LogP contribution in [0.15, 0.2) is 54.7 Å². The van der Waals surface area contributed by atoms with Crippen molar-refractivity contribution in [2.24, 2.45) is 0 Å². The number of aldehydes is 1. The number of carbonyl (C=O) groups is 1. The quantitative estimate of drug-likeness (QED) is 0.726. The smallest absolute Gasteiger partial charge is 0.169 e. The van der Waals surface area contributed by atoms with Gasteiger partial charge in [-0.25, -0.2) is 4.39 Å². The number of halogens is 1. The zero-order valence-electron chi connectivity index (χ0n) is 10.0. The summed E-state index contributed by atoms with van der Waals surface area (Å²) in [6, 6.07) is 13.8. The van der Waals surface area contributed by atoms with Crippen LogP contribution in [0.25, 0.3) is 10.8 Å². The molecule has 0 unspecified atom stereocenters. The van der Waals surface area contributed by atoms with Gasteiger partial charge in [0.15, 0.2) is 6.29 Å². The lowest BCUT2D eigenvalue weighted by molar-refractivity contribution is 0.111. The molecule has 0 spiro atoms. The van der Waals surface area contributed by atoms with Crippen LogP contribution in [0.4, 0.5) is 10.1 Å². The minimum absolute atomic E-state index is 0.318. The fourth-order valence-corrected chi connectivity index (χ4v) is 2.08. The van der Waals surface area contributed by atoms with Crippen LogP contribution in [-0.2, 0) is 0 Å². The minimum Gasteiger partial charge on any atom is -0.296 e. The van der Waals surface area contributed by atoms with Gasteiger partial charge in [-0.1, -0.05) is 18.2 Å². The standard InChI is InChI=1S/C15H11FN2O/c16-12-6-7-14-11(8-12)9-18(15(14)10-19)17-13-4-2-1-3-5-13/h1-10,17H. The lowest BCUT2D eigenvalue weighted by atomic mass is 10.2. The summed E-state index contributed by atoms with van der Waals surface area (Å²) in [4.78, 5) is 11.2. The van der Waals surface area contributed by atoms with Gasteiger partial charge in [-0.3, -0.25) is 14.9 Å². The average molecular weight is 254 g/mol. The molecule has 1 aromatic heterocycles. The topological polar surface area (TPSA) is 34.0 Å². The molecule has 94 valence electrons. The molecule has 2 aromatic carbocycles. The molecule has 3 nitrogen and oxygen atoms in total. The maximum Gasteiger partial charge on any atom is 0.169 e. The third-order valence-corrected chi connectivity index (χ3v) is 2.95. The van der Waals surface area contributed by atoms with Crippen LogP contribution < -0.4 is 5.43 Å². The van der Waals surface area contributed by atoms with Gasteiger partial charge in [0.1, 0.15) is 11.5 Å². The van der Waals surface area contributed by atoms with Gasteiger partial charge < -0.3 is 0 Å². The van der Waals surface area contributed by atoms with Crippen molar-refractivity contribution in [3.05, 3.63) is 66.2 Å². The lowest BCUT2D eigenvalue weighted by Crippen LogP contribution is -2.10. The van der Waals surface area contributed by atoms with Crippen molar-refractivity contribution in [2.75, 3.05) is 5.43 Å². The first-order chi connectivity index (χ1) is 9.28. The Morgan fingerprint density at radius 2 is 1.89 bits per heavy atom. The molecular weight excluding hydrogens is 243 g/mol. The molecule has 4 heteroatoms. The summed E-state index contributed by atoms with van der Waals surface area (Å²) in [5.41, 5.74) is 4.42. The van der Waals surface area contributed by atoms with Gasteiger partial charge in [0.25, 0.3) is 0 Å². The molecule has 0 aliphatic heterocycles. The summed E-state index contributed by atoms with van der Waals surface area (Å²) in [6.07, 6.45) is 2.46. The Morgan fingerprint density at radius 1 is 1.11 bits per heavy atom. The average Bonchev–Trinajstić information content (AvgIpc) is 2.76. The summed E-state index contributed by atoms with van der Waals surface area (Å²) in [5.74, 6) is -0.318. The molecule has 0 aliphatic carbocycles. The number of rotatable bonds is 3. The van der Waals surface area contributed by atoms with Crippen molar-refractivity contribution in [1.82, 2.24) is 4.68 Å². The van der Waals surface area contributed by atoms with Gasteiger partial charge >= 0.3 is 0 Å². The predicted octanol–water partition coefficient (Wildman–Crippen LogP) is 3.47. The monoisotopic (exact) mass is 254 g/mol. The number of para-hydroxylation sites is 1. The van der Waals surface area contributed by atoms with Gasteiger partial charge in [0.05, 0.1) is 5.69 Å². The summed E-state index contributed by atoms with van der Waals surface area (Å²) >= 11 is 0. The molecule has 3 aromatic rings. The zero-order valence-corrected chi connectivity index (χ0v) is 10.0. The van der Waals surface area contributed by atoms with E-state index in [1.807, 2.05) is 30.3 Å². The van der Waals surface area contributed by atoms with E-state index in [-0.39, 0.29) is 5.82 Å². The van der Waals surface area contributed by atoms with Crippen LogP contribution in [0.2, 0.25) is 0 Å². The van der Waals surface area contributed by atoms with Gasteiger partial charge in [0, 0.05) is 17.0 Å². The van der Waals surface area contributed by atoms with Crippen molar-refractivity contribution in [3.63, 3.8) is 0 Å². The molecule has 0 fully saturated rings. The van der Waals surface area contributed by atoms with Gasteiger partial charge in [0.2, 0.25) is 0 Å². The molecule has 3 rings (SSSR count). The van der Waals surface area contributed by atoms with E-state index in [2.05, 4.69) is 5.43 Å². The summed E-state index contributed by atoms with van der Waals surface area (Å²) in [6.45, 7) is 0. The Balaban J connectivity index is 2.10. The lowest BCUT2D eigenvalue weighted by Gasteiger charge is -2.08. The highest BCUT2D eigenvalue weighted by Crippen LogP contribution is 2.21. The molecule has 0 aliphatic rings. The number of nitrogens with zero attached hydrogens (tertiary/aromatic N) is 1. The van der Waals surface area contributed by atoms with E-state index < -0.39 is 0 Å². The molecule has 0 saturated heterocycles. The van der Waals surface area contributed by atoms with E-state index in [0.717, 1.165) is 17.4 Å². The Morgan fingerprint density at radius 3 is 2.63 bits per heavy atom. The number of hydrogen-bond acceptors (Lipinski definition) is 2. The number of hydrogen-bond donors (Lipinski definition) is 1. The van der Waals surface area contributed by atoms with Crippen LogP contribution in [-0.4, -0.2) is 11.0 Å². The van der Waals surface area contributed by atoms with Gasteiger partial charge in [-0.15, -0.1) is 0 Å². The fraction of sp³-hybridized carbons (Fsp3) is 0. The number of fused-ring (bicyclic) bond motifs is 1. The van der Waals surface area contributed by atoms with Crippen molar-refractivity contribution in [1.29, 1.82) is 0 Å². The first-order valence-corrected chi connectivity index (χ1v) is 5.86. The number of benzene rings is 2. The van der Waals surface area contributed by atoms with Crippen molar-refractivity contribution >= 4 is 22.7 Å². The van der Waals surface area contributed by atoms with E-state index in [0.29, 0.717) is 11.1 Å². The van der Waals surface area contributed by atoms with Crippen molar-refractivity contribution in [2.45, 2.75) is 0 Å². The largest absolute Gasteiger partial charge is 0.296 e. The van der Waals surface area contributed by atoms with E-state index in [4.69, 9.17) is 0 Å². The van der Waals surface area contributed by atoms with Crippen molar-refractivity contribution in [3.8, 4) is 0 Å². The van der Waals surface area contributed by atoms with E-state index >= 15 is 0 Å². The maximum absolute atomic E-state index is 13.2. The van der Waals surface area contributed by atoms with E-state index in [1.165, 1.54) is 12.1 Å². The first kappa shape index (κ1) is 11.5. The normalized spacial score (nSPS) is 10.6. The molecule has 0 atom stereocenters. The molecule has 1 heterocycles. The number of nitrogens with one attached hydrogen (secondary N) is 1. The van der Waals surface area contributed by atoms with E-state index in [1.54, 1.807) is 16.9 Å². The van der Waals surface area contributed by atoms with Crippen LogP contribution >= 0.6 is 0 Å². The Bertz CT molecular complexity index is 734. The first-order valence-electron chi connectivity index (χ1n) is 5.86. The molecule has 0 radical (unpaired) electrons. The van der Waals surface area contributed by atoms with Crippen molar-refractivity contribution < 1.29 is 9.18 Å². The Labute approximate surface area is 109 Å². The molecular formula is C15H11FN2O. The highest BCUT2D eigenvalue weighted by Gasteiger charge is 2.09. The third kappa shape index (κ3) is 2.08. The second kappa shape index (κ2) is 4.57. The number of anilines is 1. The number of carbonyl (C=O) groups excluding carboxylic acids is 1. The molecule has 19 heavy (non-hydrogen) atoms. The predicted molar refractivity (Wildman–Crippen MR) is 72.7 cm³/mol. The second-order valence-electron chi connectivity index (χ2n) is 4.21. The van der Waals surface area contributed by atoms with Crippen LogP contribution in [0.3, 0.4) is 0 Å². The molecule has 1 N–H and O–H groups in total. The molecule has 0 amide bonds. The van der Waals surface area contributed by atoms with Gasteiger partial charge in [-0.2, -0.15) is 0 Å². The van der Waals surface area contributed by atoms with Crippen LogP contribution in [0, 0.1) is 5.82 Å². The zero-order chi connectivity index (χ0) is 13.2. The fourth-order valence-electron chi connectivity index (χ4n) is 2.08. The SMILES string of the molecule is O=Cc1c2ccc(F)cc2cn1Nc1ccccc1. The summed E-state index contributed by atoms with van der Waals surface area (Å²) < 4.78 is 14.8. The Kier molecular flexibility index (Phi) is 2.76. The Hall–Kier alpha value is -2.62. The van der Waals surface area contributed by atoms with E-state index in [9.17, 15) is 9.18 Å². The van der Waals surface area contributed by atoms with Gasteiger partial charge in [-0.05, 0) is 30.3 Å². The maximum atomic E-state index is 13.2.